The second-order valence-corrected chi connectivity index (χ2v) is 6.98. The fraction of sp³-hybridized carbons (Fsp3) is 0.647. The van der Waals surface area contributed by atoms with Gasteiger partial charge in [0.1, 0.15) is 5.82 Å². The second-order valence-electron chi connectivity index (χ2n) is 6.98. The van der Waals surface area contributed by atoms with Crippen molar-refractivity contribution in [2.24, 2.45) is 17.1 Å². The minimum absolute atomic E-state index is 0.212. The maximum atomic E-state index is 13.9. The molecule has 112 valence electrons. The first kappa shape index (κ1) is 15.5. The molecule has 2 nitrogen and oxygen atoms in total. The summed E-state index contributed by atoms with van der Waals surface area (Å²) in [5.74, 6) is 0.462. The van der Waals surface area contributed by atoms with E-state index in [1.165, 1.54) is 12.5 Å². The number of nitrogens with two attached hydrogens (primary N) is 1. The maximum absolute atomic E-state index is 13.9. The van der Waals surface area contributed by atoms with Crippen LogP contribution in [0.1, 0.15) is 51.2 Å². The second kappa shape index (κ2) is 6.23. The van der Waals surface area contributed by atoms with Crippen molar-refractivity contribution >= 4 is 0 Å². The molecule has 1 fully saturated rings. The van der Waals surface area contributed by atoms with Gasteiger partial charge in [0.15, 0.2) is 0 Å². The maximum Gasteiger partial charge on any atom is 0.129 e. The van der Waals surface area contributed by atoms with Crippen LogP contribution >= 0.6 is 0 Å². The summed E-state index contributed by atoms with van der Waals surface area (Å²) < 4.78 is 19.8. The Kier molecular flexibility index (Phi) is 4.82. The summed E-state index contributed by atoms with van der Waals surface area (Å²) in [5.41, 5.74) is 7.27. The van der Waals surface area contributed by atoms with Gasteiger partial charge in [0.2, 0.25) is 0 Å². The van der Waals surface area contributed by atoms with Crippen molar-refractivity contribution in [3.63, 3.8) is 0 Å². The fourth-order valence-electron chi connectivity index (χ4n) is 3.43. The van der Waals surface area contributed by atoms with Gasteiger partial charge in [0.25, 0.3) is 0 Å². The van der Waals surface area contributed by atoms with Gasteiger partial charge in [-0.15, -0.1) is 0 Å². The van der Waals surface area contributed by atoms with Crippen molar-refractivity contribution in [2.45, 2.75) is 59.3 Å². The number of benzene rings is 1. The molecule has 2 rings (SSSR count). The molecule has 2 unspecified atom stereocenters. The van der Waals surface area contributed by atoms with E-state index in [0.717, 1.165) is 18.4 Å². The standard InChI is InChI=1S/C17H26FNO/c1-12-6-15(9-17(2,3)8-12)20-11-14-5-4-13(10-19)7-16(14)18/h4-5,7,12,15H,6,8-11,19H2,1-3H3. The van der Waals surface area contributed by atoms with Crippen molar-refractivity contribution in [1.82, 2.24) is 0 Å². The molecule has 20 heavy (non-hydrogen) atoms. The van der Waals surface area contributed by atoms with Crippen LogP contribution in [-0.2, 0) is 17.9 Å². The monoisotopic (exact) mass is 279 g/mol. The van der Waals surface area contributed by atoms with E-state index in [1.807, 2.05) is 6.07 Å². The van der Waals surface area contributed by atoms with Crippen LogP contribution in [0.15, 0.2) is 18.2 Å². The Hall–Kier alpha value is -0.930. The molecule has 2 atom stereocenters. The topological polar surface area (TPSA) is 35.2 Å². The van der Waals surface area contributed by atoms with E-state index in [4.69, 9.17) is 10.5 Å². The molecule has 1 aliphatic carbocycles. The lowest BCUT2D eigenvalue weighted by molar-refractivity contribution is -0.0324. The van der Waals surface area contributed by atoms with Gasteiger partial charge in [-0.3, -0.25) is 0 Å². The molecule has 1 saturated carbocycles. The number of hydrogen-bond donors (Lipinski definition) is 1. The smallest absolute Gasteiger partial charge is 0.129 e. The van der Waals surface area contributed by atoms with E-state index >= 15 is 0 Å². The first-order valence-electron chi connectivity index (χ1n) is 7.48. The zero-order chi connectivity index (χ0) is 14.8. The summed E-state index contributed by atoms with van der Waals surface area (Å²) in [6.07, 6.45) is 3.61. The highest BCUT2D eigenvalue weighted by Gasteiger charge is 2.32. The van der Waals surface area contributed by atoms with E-state index in [9.17, 15) is 4.39 Å². The first-order chi connectivity index (χ1) is 9.39. The molecule has 2 N–H and O–H groups in total. The largest absolute Gasteiger partial charge is 0.373 e. The predicted octanol–water partition coefficient (Wildman–Crippen LogP) is 4.02. The zero-order valence-electron chi connectivity index (χ0n) is 12.8. The number of rotatable bonds is 4. The lowest BCUT2D eigenvalue weighted by Crippen LogP contribution is -2.32. The summed E-state index contributed by atoms with van der Waals surface area (Å²) in [6.45, 7) is 7.57. The fourth-order valence-corrected chi connectivity index (χ4v) is 3.43. The molecule has 0 aliphatic heterocycles. The summed E-state index contributed by atoms with van der Waals surface area (Å²) >= 11 is 0. The van der Waals surface area contributed by atoms with Crippen LogP contribution in [-0.4, -0.2) is 6.10 Å². The molecular weight excluding hydrogens is 253 g/mol. The van der Waals surface area contributed by atoms with E-state index in [2.05, 4.69) is 20.8 Å². The Morgan fingerprint density at radius 3 is 2.70 bits per heavy atom. The number of halogens is 1. The summed E-state index contributed by atoms with van der Waals surface area (Å²) in [6, 6.07) is 5.16. The predicted molar refractivity (Wildman–Crippen MR) is 79.7 cm³/mol. The average molecular weight is 279 g/mol. The first-order valence-corrected chi connectivity index (χ1v) is 7.48. The highest BCUT2D eigenvalue weighted by Crippen LogP contribution is 2.39. The van der Waals surface area contributed by atoms with Crippen LogP contribution in [0.2, 0.25) is 0 Å². The van der Waals surface area contributed by atoms with E-state index in [1.54, 1.807) is 6.07 Å². The van der Waals surface area contributed by atoms with E-state index in [0.29, 0.717) is 30.0 Å². The summed E-state index contributed by atoms with van der Waals surface area (Å²) in [7, 11) is 0. The molecule has 0 bridgehead atoms. The highest BCUT2D eigenvalue weighted by atomic mass is 19.1. The summed E-state index contributed by atoms with van der Waals surface area (Å²) in [5, 5.41) is 0. The number of hydrogen-bond acceptors (Lipinski definition) is 2. The van der Waals surface area contributed by atoms with Crippen molar-refractivity contribution in [3.8, 4) is 0 Å². The van der Waals surface area contributed by atoms with Gasteiger partial charge in [-0.05, 0) is 42.2 Å². The number of ether oxygens (including phenoxy) is 1. The van der Waals surface area contributed by atoms with E-state index in [-0.39, 0.29) is 11.9 Å². The quantitative estimate of drug-likeness (QED) is 0.903. The molecule has 0 heterocycles. The van der Waals surface area contributed by atoms with Crippen LogP contribution in [0.4, 0.5) is 4.39 Å². The Balaban J connectivity index is 1.95. The third-order valence-corrected chi connectivity index (χ3v) is 4.17. The molecule has 0 saturated heterocycles. The molecule has 0 spiro atoms. The minimum atomic E-state index is -0.212. The van der Waals surface area contributed by atoms with Crippen molar-refractivity contribution in [1.29, 1.82) is 0 Å². The normalized spacial score (nSPS) is 25.6. The Labute approximate surface area is 121 Å². The van der Waals surface area contributed by atoms with Gasteiger partial charge in [-0.25, -0.2) is 4.39 Å². The molecule has 1 aromatic carbocycles. The van der Waals surface area contributed by atoms with Crippen LogP contribution in [0.5, 0.6) is 0 Å². The molecule has 1 aromatic rings. The van der Waals surface area contributed by atoms with Gasteiger partial charge in [0, 0.05) is 12.1 Å². The zero-order valence-corrected chi connectivity index (χ0v) is 12.8. The van der Waals surface area contributed by atoms with Gasteiger partial charge in [-0.2, -0.15) is 0 Å². The Morgan fingerprint density at radius 2 is 2.10 bits per heavy atom. The Bertz CT molecular complexity index is 458. The average Bonchev–Trinajstić information content (AvgIpc) is 2.34. The van der Waals surface area contributed by atoms with Gasteiger partial charge < -0.3 is 10.5 Å². The lowest BCUT2D eigenvalue weighted by Gasteiger charge is -2.38. The van der Waals surface area contributed by atoms with Crippen LogP contribution in [0, 0.1) is 17.2 Å². The molecule has 1 aliphatic rings. The van der Waals surface area contributed by atoms with Crippen LogP contribution in [0.3, 0.4) is 0 Å². The highest BCUT2D eigenvalue weighted by molar-refractivity contribution is 5.23. The molecular formula is C17H26FNO. The van der Waals surface area contributed by atoms with E-state index < -0.39 is 0 Å². The van der Waals surface area contributed by atoms with Crippen LogP contribution < -0.4 is 5.73 Å². The molecule has 0 amide bonds. The van der Waals surface area contributed by atoms with Crippen LogP contribution in [0.25, 0.3) is 0 Å². The van der Waals surface area contributed by atoms with Crippen molar-refractivity contribution < 1.29 is 9.13 Å². The molecule has 3 heteroatoms. The third-order valence-electron chi connectivity index (χ3n) is 4.17. The summed E-state index contributed by atoms with van der Waals surface area (Å²) in [4.78, 5) is 0. The van der Waals surface area contributed by atoms with Gasteiger partial charge in [-0.1, -0.05) is 32.9 Å². The minimum Gasteiger partial charge on any atom is -0.373 e. The van der Waals surface area contributed by atoms with Crippen molar-refractivity contribution in [3.05, 3.63) is 35.1 Å². The van der Waals surface area contributed by atoms with Crippen molar-refractivity contribution in [2.75, 3.05) is 0 Å². The molecule has 0 aromatic heterocycles. The lowest BCUT2D eigenvalue weighted by atomic mass is 9.71. The SMILES string of the molecule is CC1CC(OCc2ccc(CN)cc2F)CC(C)(C)C1. The Morgan fingerprint density at radius 1 is 1.35 bits per heavy atom. The van der Waals surface area contributed by atoms with Gasteiger partial charge in [0.05, 0.1) is 12.7 Å². The molecule has 0 radical (unpaired) electrons. The van der Waals surface area contributed by atoms with Gasteiger partial charge >= 0.3 is 0 Å². The third kappa shape index (κ3) is 4.03.